The van der Waals surface area contributed by atoms with Crippen molar-refractivity contribution >= 4 is 68.8 Å². The highest BCUT2D eigenvalue weighted by atomic mass is 32.1. The lowest BCUT2D eigenvalue weighted by Gasteiger charge is -2.45. The van der Waals surface area contributed by atoms with Gasteiger partial charge in [-0.25, -0.2) is 4.79 Å². The largest absolute Gasteiger partial charge is 0.456 e. The first-order chi connectivity index (χ1) is 23.1. The van der Waals surface area contributed by atoms with Gasteiger partial charge in [0.15, 0.2) is 0 Å². The van der Waals surface area contributed by atoms with Crippen LogP contribution in [-0.4, -0.2) is 43.9 Å². The highest BCUT2D eigenvalue weighted by Crippen LogP contribution is 2.49. The number of nitrogens with one attached hydrogen (secondary N) is 1. The van der Waals surface area contributed by atoms with Gasteiger partial charge in [0.2, 0.25) is 11.8 Å². The first kappa shape index (κ1) is 34.2. The summed E-state index contributed by atoms with van der Waals surface area (Å²) < 4.78 is 6.02. The lowest BCUT2D eigenvalue weighted by Crippen LogP contribution is -2.60. The molecule has 0 bridgehead atoms. The van der Waals surface area contributed by atoms with Crippen LogP contribution in [0, 0.1) is 10.1 Å². The molecule has 1 atom stereocenters. The van der Waals surface area contributed by atoms with E-state index in [0.29, 0.717) is 16.1 Å². The van der Waals surface area contributed by atoms with Crippen LogP contribution in [0.25, 0.3) is 0 Å². The Balaban J connectivity index is 1.73. The minimum atomic E-state index is -3.11. The molecule has 4 aromatic rings. The Bertz CT molecular complexity index is 1830. The average molecular weight is 680 g/mol. The summed E-state index contributed by atoms with van der Waals surface area (Å²) in [5, 5.41) is 16.5. The van der Waals surface area contributed by atoms with E-state index in [1.54, 1.807) is 30.0 Å². The first-order valence-corrected chi connectivity index (χ1v) is 17.5. The van der Waals surface area contributed by atoms with Crippen LogP contribution in [0.2, 0.25) is 0 Å². The topological polar surface area (TPSA) is 119 Å². The van der Waals surface area contributed by atoms with Crippen molar-refractivity contribution in [2.45, 2.75) is 39.3 Å². The third-order valence-electron chi connectivity index (χ3n) is 7.91. The van der Waals surface area contributed by atoms with Crippen LogP contribution in [0.5, 0.6) is 0 Å². The Kier molecular flexibility index (Phi) is 10.8. The van der Waals surface area contributed by atoms with Gasteiger partial charge >= 0.3 is 5.97 Å². The molecular formula is C37H34N3O6PS. The van der Waals surface area contributed by atoms with Crippen LogP contribution in [0.1, 0.15) is 32.3 Å². The minimum absolute atomic E-state index is 0.0766. The highest BCUT2D eigenvalue weighted by Gasteiger charge is 2.47. The number of amides is 2. The molecule has 1 unspecified atom stereocenters. The number of nitro groups is 1. The van der Waals surface area contributed by atoms with E-state index in [9.17, 15) is 24.5 Å². The molecule has 48 heavy (non-hydrogen) atoms. The lowest BCUT2D eigenvalue weighted by atomic mass is 9.96. The van der Waals surface area contributed by atoms with Gasteiger partial charge in [-0.15, -0.1) is 0 Å². The first-order valence-electron chi connectivity index (χ1n) is 15.3. The van der Waals surface area contributed by atoms with Crippen molar-refractivity contribution in [2.75, 3.05) is 0 Å². The third-order valence-corrected chi connectivity index (χ3v) is 12.4. The summed E-state index contributed by atoms with van der Waals surface area (Å²) in [6.07, 6.45) is 2.15. The second-order valence-corrected chi connectivity index (χ2v) is 15.1. The molecule has 1 aliphatic heterocycles. The van der Waals surface area contributed by atoms with Gasteiger partial charge in [-0.05, 0) is 46.6 Å². The maximum absolute atomic E-state index is 14.7. The summed E-state index contributed by atoms with van der Waals surface area (Å²) in [6.45, 7) is -0.119. The number of carbonyl (C=O) groups excluding carboxylic acids is 3. The number of hydrogen-bond acceptors (Lipinski definition) is 7. The van der Waals surface area contributed by atoms with Crippen LogP contribution in [0.15, 0.2) is 127 Å². The van der Waals surface area contributed by atoms with Crippen molar-refractivity contribution in [1.82, 2.24) is 10.2 Å². The predicted octanol–water partition coefficient (Wildman–Crippen LogP) is 5.16. The number of allylic oxidation sites excluding steroid dienone is 2. The molecule has 2 amide bonds. The van der Waals surface area contributed by atoms with Gasteiger partial charge in [0.1, 0.15) is 12.0 Å². The zero-order valence-corrected chi connectivity index (χ0v) is 28.2. The Morgan fingerprint density at radius 3 is 1.83 bits per heavy atom. The van der Waals surface area contributed by atoms with Crippen molar-refractivity contribution in [1.29, 1.82) is 0 Å². The summed E-state index contributed by atoms with van der Waals surface area (Å²) in [4.78, 5) is 52.9. The standard InChI is InChI=1S/C37H34N3O6PS/c1-26(38-27(2)41)22-34(48)23-30-24-35(42)39(30)36(37(43)46-25-28-18-20-29(21-19-28)40(44)45)47(31-12-6-3-7-13-31,32-14-8-4-9-15-32)33-16-10-5-11-17-33/h3-22,30H,23-25H2,1-2H3,(H,38,41)/b26-22-. The molecule has 0 spiro atoms. The molecule has 9 nitrogen and oxygen atoms in total. The molecule has 1 aliphatic rings. The van der Waals surface area contributed by atoms with E-state index in [1.165, 1.54) is 19.1 Å². The lowest BCUT2D eigenvalue weighted by molar-refractivity contribution is -0.384. The van der Waals surface area contributed by atoms with Gasteiger partial charge in [0, 0.05) is 49.3 Å². The van der Waals surface area contributed by atoms with E-state index in [1.807, 2.05) is 91.0 Å². The molecule has 5 rings (SSSR count). The normalized spacial score (nSPS) is 14.5. The van der Waals surface area contributed by atoms with Crippen LogP contribution in [-0.2, 0) is 25.7 Å². The zero-order valence-electron chi connectivity index (χ0n) is 26.4. The van der Waals surface area contributed by atoms with Crippen molar-refractivity contribution in [3.8, 4) is 0 Å². The number of benzene rings is 4. The number of hydrogen-bond donors (Lipinski definition) is 1. The molecule has 11 heteroatoms. The van der Waals surface area contributed by atoms with Crippen LogP contribution in [0.3, 0.4) is 0 Å². The Morgan fingerprint density at radius 2 is 1.40 bits per heavy atom. The van der Waals surface area contributed by atoms with Gasteiger partial charge in [-0.1, -0.05) is 103 Å². The van der Waals surface area contributed by atoms with Crippen molar-refractivity contribution < 1.29 is 24.0 Å². The van der Waals surface area contributed by atoms with E-state index in [2.05, 4.69) is 5.32 Å². The molecule has 0 aliphatic carbocycles. The fraction of sp³-hybridized carbons (Fsp3) is 0.162. The summed E-state index contributed by atoms with van der Waals surface area (Å²) in [5.74, 6) is -1.13. The molecular weight excluding hydrogens is 645 g/mol. The highest BCUT2D eigenvalue weighted by molar-refractivity contribution is 7.96. The molecule has 1 heterocycles. The van der Waals surface area contributed by atoms with Crippen molar-refractivity contribution in [3.63, 3.8) is 0 Å². The molecule has 1 N–H and O–H groups in total. The number of thiocarbonyl (C=S) groups is 1. The number of β-lactam (4-membered cyclic amide) rings is 1. The maximum atomic E-state index is 14.7. The summed E-state index contributed by atoms with van der Waals surface area (Å²) >= 11 is 5.69. The molecule has 244 valence electrons. The number of nitrogens with zero attached hydrogens (tertiary/aromatic N) is 2. The number of rotatable bonds is 12. The van der Waals surface area contributed by atoms with E-state index in [4.69, 9.17) is 17.0 Å². The van der Waals surface area contributed by atoms with Crippen LogP contribution in [0.4, 0.5) is 5.69 Å². The molecule has 0 aromatic heterocycles. The molecule has 1 fully saturated rings. The number of likely N-dealkylation sites (tertiary alicyclic amines) is 1. The SMILES string of the molecule is CC(=O)N/C(C)=C\C(=S)CC1CC(=O)N1C(C(=O)OCc1ccc([N+](=O)[O-])cc1)=P(c1ccccc1)(c1ccccc1)c1ccccc1. The Labute approximate surface area is 284 Å². The smallest absolute Gasteiger partial charge is 0.356 e. The van der Waals surface area contributed by atoms with Gasteiger partial charge in [0.25, 0.3) is 5.69 Å². The van der Waals surface area contributed by atoms with Gasteiger partial charge in [-0.3, -0.25) is 19.7 Å². The monoisotopic (exact) mass is 679 g/mol. The summed E-state index contributed by atoms with van der Waals surface area (Å²) in [7, 11) is 0. The van der Waals surface area contributed by atoms with E-state index in [-0.39, 0.29) is 42.4 Å². The fourth-order valence-corrected chi connectivity index (χ4v) is 10.7. The fourth-order valence-electron chi connectivity index (χ4n) is 5.88. The maximum Gasteiger partial charge on any atom is 0.356 e. The zero-order chi connectivity index (χ0) is 34.3. The number of non-ortho nitro benzene ring substituents is 1. The van der Waals surface area contributed by atoms with Crippen molar-refractivity contribution in [2.24, 2.45) is 0 Å². The van der Waals surface area contributed by atoms with E-state index >= 15 is 0 Å². The second kappa shape index (κ2) is 15.2. The number of carbonyl (C=O) groups is 3. The quantitative estimate of drug-likeness (QED) is 0.0418. The third kappa shape index (κ3) is 7.35. The van der Waals surface area contributed by atoms with E-state index < -0.39 is 23.8 Å². The molecule has 0 saturated carbocycles. The van der Waals surface area contributed by atoms with Crippen LogP contribution < -0.4 is 21.2 Å². The Hall–Kier alpha value is -5.18. The number of nitro benzene ring substituents is 1. The van der Waals surface area contributed by atoms with Gasteiger partial charge < -0.3 is 15.0 Å². The van der Waals surface area contributed by atoms with Crippen molar-refractivity contribution in [3.05, 3.63) is 143 Å². The Morgan fingerprint density at radius 1 is 0.896 bits per heavy atom. The average Bonchev–Trinajstić information content (AvgIpc) is 3.08. The predicted molar refractivity (Wildman–Crippen MR) is 193 cm³/mol. The minimum Gasteiger partial charge on any atom is -0.456 e. The number of esters is 1. The molecule has 4 aromatic carbocycles. The second-order valence-electron chi connectivity index (χ2n) is 11.3. The summed E-state index contributed by atoms with van der Waals surface area (Å²) in [6, 6.07) is 34.4. The number of ether oxygens (including phenoxy) is 1. The molecule has 1 saturated heterocycles. The van der Waals surface area contributed by atoms with Gasteiger partial charge in [-0.2, -0.15) is 0 Å². The van der Waals surface area contributed by atoms with E-state index in [0.717, 1.165) is 15.9 Å². The van der Waals surface area contributed by atoms with Gasteiger partial charge in [0.05, 0.1) is 11.0 Å². The molecule has 0 radical (unpaired) electrons. The van der Waals surface area contributed by atoms with Crippen LogP contribution >= 0.6 is 19.1 Å². The summed E-state index contributed by atoms with van der Waals surface area (Å²) in [5.41, 5.74) is 1.28.